The van der Waals surface area contributed by atoms with Crippen molar-refractivity contribution in [3.8, 4) is 0 Å². The first-order valence-corrected chi connectivity index (χ1v) is 50.5. The molecule has 15 nitrogen and oxygen atoms in total. The van der Waals surface area contributed by atoms with E-state index in [4.69, 9.17) is 0 Å². The molecule has 0 aliphatic rings. The van der Waals surface area contributed by atoms with E-state index in [0.29, 0.717) is 108 Å². The fraction of sp³-hybridized carbons (Fsp3) is 0.450. The van der Waals surface area contributed by atoms with Gasteiger partial charge in [-0.2, -0.15) is 30.6 Å². The topological polar surface area (TPSA) is 122 Å². The van der Waals surface area contributed by atoms with Crippen molar-refractivity contribution in [1.29, 1.82) is 0 Å². The highest BCUT2D eigenvalue weighted by molar-refractivity contribution is 5.88. The number of fused-ring (bicyclic) bond motifs is 9. The van der Waals surface area contributed by atoms with E-state index in [0.717, 1.165) is 0 Å². The Balaban J connectivity index is 0.000000157. The Morgan fingerprint density at radius 1 is 0.163 bits per heavy atom. The molecule has 0 fully saturated rings. The summed E-state index contributed by atoms with van der Waals surface area (Å²) in [5.41, 5.74) is 24.1. The largest absolute Gasteiger partial charge is 0.345 e. The number of hydrogen-bond donors (Lipinski definition) is 0. The zero-order valence-electron chi connectivity index (χ0n) is 89.1. The van der Waals surface area contributed by atoms with Crippen molar-refractivity contribution < 1.29 is 0 Å². The van der Waals surface area contributed by atoms with Crippen LogP contribution in [-0.2, 0) is 0 Å². The molecular weight excluding hydrogens is 1650 g/mol. The van der Waals surface area contributed by atoms with Crippen LogP contribution in [0.1, 0.15) is 407 Å². The summed E-state index contributed by atoms with van der Waals surface area (Å²) in [6.07, 6.45) is 18.3. The molecule has 18 rings (SSSR count). The number of nitrogens with zero attached hydrogens (tertiary/aromatic N) is 15. The van der Waals surface area contributed by atoms with Crippen molar-refractivity contribution in [2.24, 2.45) is 0 Å². The lowest BCUT2D eigenvalue weighted by Crippen LogP contribution is -2.02. The van der Waals surface area contributed by atoms with Gasteiger partial charge >= 0.3 is 0 Å². The van der Waals surface area contributed by atoms with Crippen LogP contribution in [0.4, 0.5) is 0 Å². The van der Waals surface area contributed by atoms with Crippen molar-refractivity contribution in [2.75, 3.05) is 0 Å². The van der Waals surface area contributed by atoms with Gasteiger partial charge in [-0.15, -0.1) is 0 Å². The summed E-state index contributed by atoms with van der Waals surface area (Å²) >= 11 is 0. The highest BCUT2D eigenvalue weighted by Gasteiger charge is 2.18. The van der Waals surface area contributed by atoms with Crippen LogP contribution in [0.15, 0.2) is 238 Å². The first kappa shape index (κ1) is 105. The Morgan fingerprint density at radius 2 is 0.415 bits per heavy atom. The predicted octanol–water partition coefficient (Wildman–Crippen LogP) is 35.5. The van der Waals surface area contributed by atoms with Gasteiger partial charge < -0.3 is 13.7 Å². The smallest absolute Gasteiger partial charge is 0.0688 e. The standard InChI is InChI=1S/3C14H19N.6C13H18N2/c1-10(2)12-5-6-14-13(9-12)7-8-15(14)11(3)4;1-10(2)13-6-5-12-7-8-15(11(3)4)14(12)9-13;1-10(2)12-6-5-7-14-13(12)8-9-15(14)11(3)4;2*1-9(2)11-5-6-13-12(7-11)8-14-15(13)10(3)4;2*1-9(2)11-5-6-12-8-14-15(10(3)4)13(12)7-11;2*1-9(2)11-6-5-7-13-12(11)8-14-15(13)10(3)4/h3*5-11H,1-4H3;6*5-10H,1-4H3. The zero-order valence-corrected chi connectivity index (χ0v) is 89.1. The van der Waals surface area contributed by atoms with Gasteiger partial charge in [0.2, 0.25) is 0 Å². The van der Waals surface area contributed by atoms with Gasteiger partial charge in [-0.1, -0.05) is 216 Å². The van der Waals surface area contributed by atoms with Gasteiger partial charge in [0, 0.05) is 127 Å². The molecule has 18 aromatic rings. The average Bonchev–Trinajstić information content (AvgIpc) is 1.66. The maximum absolute atomic E-state index is 4.45. The summed E-state index contributed by atoms with van der Waals surface area (Å²) in [7, 11) is 0. The fourth-order valence-corrected chi connectivity index (χ4v) is 17.5. The normalized spacial score (nSPS) is 11.9. The molecule has 0 atom stereocenters. The molecule has 0 saturated heterocycles. The summed E-state index contributed by atoms with van der Waals surface area (Å²) in [4.78, 5) is 0. The van der Waals surface area contributed by atoms with Crippen LogP contribution >= 0.6 is 0 Å². The van der Waals surface area contributed by atoms with Gasteiger partial charge in [-0.05, 0) is 330 Å². The Kier molecular flexibility index (Phi) is 36.9. The summed E-state index contributed by atoms with van der Waals surface area (Å²) in [5.74, 6) is 5.22. The van der Waals surface area contributed by atoms with Crippen molar-refractivity contribution in [2.45, 2.75) is 357 Å². The molecular formula is C120H165N15. The number of hydrogen-bond acceptors (Lipinski definition) is 6. The van der Waals surface area contributed by atoms with E-state index in [1.165, 1.54) is 148 Å². The van der Waals surface area contributed by atoms with Crippen LogP contribution in [0.25, 0.3) is 98.1 Å². The van der Waals surface area contributed by atoms with E-state index in [1.54, 1.807) is 0 Å². The van der Waals surface area contributed by atoms with Crippen LogP contribution in [-0.4, -0.2) is 72.4 Å². The third kappa shape index (κ3) is 26.0. The maximum Gasteiger partial charge on any atom is 0.0688 e. The molecule has 0 spiro atoms. The molecule has 0 aliphatic carbocycles. The van der Waals surface area contributed by atoms with Gasteiger partial charge in [0.25, 0.3) is 0 Å². The Bertz CT molecular complexity index is 6090. The second-order valence-electron chi connectivity index (χ2n) is 42.2. The van der Waals surface area contributed by atoms with Crippen LogP contribution in [0.2, 0.25) is 0 Å². The SMILES string of the molecule is CC(C)c1ccc2c(ccn2C(C)C)c1.CC(C)c1ccc2c(cnn2C(C)C)c1.CC(C)c1ccc2c(cnn2C(C)C)c1.CC(C)c1ccc2ccn(C(C)C)c2c1.CC(C)c1ccc2cnn(C(C)C)c2c1.CC(C)c1ccc2cnn(C(C)C)c2c1.CC(C)c1cccc2c1ccn2C(C)C.CC(C)c1cccc2c1cnn2C(C)C.CC(C)c1cccc2c1cnn2C(C)C. The maximum atomic E-state index is 4.45. The van der Waals surface area contributed by atoms with E-state index in [9.17, 15) is 0 Å². The number of aromatic nitrogens is 15. The molecule has 0 saturated carbocycles. The van der Waals surface area contributed by atoms with Gasteiger partial charge in [-0.3, -0.25) is 28.1 Å². The molecule has 9 aromatic carbocycles. The van der Waals surface area contributed by atoms with E-state index < -0.39 is 0 Å². The molecule has 0 aliphatic heterocycles. The quantitative estimate of drug-likeness (QED) is 0.0843. The van der Waals surface area contributed by atoms with Crippen molar-refractivity contribution in [1.82, 2.24) is 72.4 Å². The van der Waals surface area contributed by atoms with Crippen LogP contribution in [0.5, 0.6) is 0 Å². The van der Waals surface area contributed by atoms with E-state index >= 15 is 0 Å². The minimum Gasteiger partial charge on any atom is -0.345 e. The van der Waals surface area contributed by atoms with Crippen molar-refractivity contribution >= 4 is 98.1 Å². The van der Waals surface area contributed by atoms with Crippen LogP contribution in [0, 0.1) is 0 Å². The summed E-state index contributed by atoms with van der Waals surface area (Å²) in [6, 6.07) is 70.3. The lowest BCUT2D eigenvalue weighted by Gasteiger charge is -2.11. The first-order chi connectivity index (χ1) is 63.9. The highest BCUT2D eigenvalue weighted by atomic mass is 15.3. The molecule has 0 unspecified atom stereocenters. The fourth-order valence-electron chi connectivity index (χ4n) is 17.5. The lowest BCUT2D eigenvalue weighted by atomic mass is 9.99. The van der Waals surface area contributed by atoms with Gasteiger partial charge in [0.05, 0.1) is 70.3 Å². The molecule has 9 aromatic heterocycles. The second kappa shape index (κ2) is 47.3. The average molecular weight is 1820 g/mol. The molecule has 0 radical (unpaired) electrons. The molecule has 0 bridgehead atoms. The minimum absolute atomic E-state index is 0.421. The third-order valence-corrected chi connectivity index (χ3v) is 25.6. The second-order valence-corrected chi connectivity index (χ2v) is 42.2. The molecule has 15 heteroatoms. The Morgan fingerprint density at radius 3 is 0.756 bits per heavy atom. The summed E-state index contributed by atoms with van der Waals surface area (Å²) < 4.78 is 19.5. The number of rotatable bonds is 18. The monoisotopic (exact) mass is 1820 g/mol. The molecule has 720 valence electrons. The Hall–Kier alpha value is -11.6. The first-order valence-electron chi connectivity index (χ1n) is 50.5. The van der Waals surface area contributed by atoms with Crippen molar-refractivity contribution in [3.05, 3.63) is 288 Å². The number of benzene rings is 9. The zero-order chi connectivity index (χ0) is 99.0. The predicted molar refractivity (Wildman–Crippen MR) is 584 cm³/mol. The lowest BCUT2D eigenvalue weighted by molar-refractivity contribution is 0.550. The molecule has 9 heterocycles. The van der Waals surface area contributed by atoms with E-state index in [2.05, 4.69) is 522 Å². The van der Waals surface area contributed by atoms with Gasteiger partial charge in [-0.25, -0.2) is 0 Å². The molecule has 0 amide bonds. The minimum atomic E-state index is 0.421. The summed E-state index contributed by atoms with van der Waals surface area (Å²) in [5, 5.41) is 38.2. The molecule has 0 N–H and O–H groups in total. The van der Waals surface area contributed by atoms with E-state index in [-0.39, 0.29) is 0 Å². The van der Waals surface area contributed by atoms with Crippen molar-refractivity contribution in [3.63, 3.8) is 0 Å². The highest BCUT2D eigenvalue weighted by Crippen LogP contribution is 2.35. The van der Waals surface area contributed by atoms with Crippen LogP contribution in [0.3, 0.4) is 0 Å². The molecule has 135 heavy (non-hydrogen) atoms. The summed E-state index contributed by atoms with van der Waals surface area (Å²) in [6.45, 7) is 79.3. The van der Waals surface area contributed by atoms with Gasteiger partial charge in [0.1, 0.15) is 0 Å². The van der Waals surface area contributed by atoms with Gasteiger partial charge in [0.15, 0.2) is 0 Å². The Labute approximate surface area is 810 Å². The van der Waals surface area contributed by atoms with E-state index in [1.807, 2.05) is 37.2 Å². The van der Waals surface area contributed by atoms with Crippen LogP contribution < -0.4 is 0 Å². The third-order valence-electron chi connectivity index (χ3n) is 25.6.